The van der Waals surface area contributed by atoms with Crippen molar-refractivity contribution in [2.75, 3.05) is 13.7 Å². The molecule has 2 rings (SSSR count). The highest BCUT2D eigenvalue weighted by molar-refractivity contribution is 6.31. The van der Waals surface area contributed by atoms with Gasteiger partial charge in [0.2, 0.25) is 11.8 Å². The summed E-state index contributed by atoms with van der Waals surface area (Å²) < 4.78 is 10.9. The van der Waals surface area contributed by atoms with Crippen molar-refractivity contribution >= 4 is 23.4 Å². The van der Waals surface area contributed by atoms with Gasteiger partial charge >= 0.3 is 0 Å². The minimum absolute atomic E-state index is 0.107. The third-order valence-corrected chi connectivity index (χ3v) is 5.41. The Morgan fingerprint density at radius 3 is 2.27 bits per heavy atom. The molecule has 0 heterocycles. The minimum Gasteiger partial charge on any atom is -0.497 e. The predicted molar refractivity (Wildman–Crippen MR) is 132 cm³/mol. The van der Waals surface area contributed by atoms with Crippen molar-refractivity contribution in [1.29, 1.82) is 0 Å². The molecule has 2 aromatic rings. The van der Waals surface area contributed by atoms with Crippen LogP contribution >= 0.6 is 11.6 Å². The third kappa shape index (κ3) is 8.61. The van der Waals surface area contributed by atoms with Crippen LogP contribution < -0.4 is 14.8 Å². The van der Waals surface area contributed by atoms with Gasteiger partial charge in [-0.25, -0.2) is 0 Å². The fraction of sp³-hybridized carbons (Fsp3) is 0.462. The maximum Gasteiger partial charge on any atom is 0.243 e. The second kappa shape index (κ2) is 12.5. The highest BCUT2D eigenvalue weighted by atomic mass is 35.5. The van der Waals surface area contributed by atoms with Crippen LogP contribution in [0.1, 0.15) is 52.5 Å². The summed E-state index contributed by atoms with van der Waals surface area (Å²) in [7, 11) is 1.61. The van der Waals surface area contributed by atoms with Gasteiger partial charge in [-0.15, -0.1) is 0 Å². The molecule has 6 nitrogen and oxygen atoms in total. The van der Waals surface area contributed by atoms with Gasteiger partial charge in [-0.1, -0.05) is 36.7 Å². The highest BCUT2D eigenvalue weighted by Gasteiger charge is 2.30. The molecule has 0 unspecified atom stereocenters. The summed E-state index contributed by atoms with van der Waals surface area (Å²) in [6.45, 7) is 8.35. The molecular formula is C26H35ClN2O4. The average Bonchev–Trinajstić information content (AvgIpc) is 2.77. The van der Waals surface area contributed by atoms with E-state index in [9.17, 15) is 9.59 Å². The van der Waals surface area contributed by atoms with E-state index in [2.05, 4.69) is 5.32 Å². The average molecular weight is 475 g/mol. The van der Waals surface area contributed by atoms with Crippen molar-refractivity contribution in [2.24, 2.45) is 0 Å². The van der Waals surface area contributed by atoms with E-state index < -0.39 is 11.6 Å². The molecule has 7 heteroatoms. The van der Waals surface area contributed by atoms with Gasteiger partial charge in [0.05, 0.1) is 13.7 Å². The predicted octanol–water partition coefficient (Wildman–Crippen LogP) is 5.23. The molecular weight excluding hydrogens is 440 g/mol. The number of hydrogen-bond donors (Lipinski definition) is 1. The number of methoxy groups -OCH3 is 1. The first-order valence-electron chi connectivity index (χ1n) is 11.3. The summed E-state index contributed by atoms with van der Waals surface area (Å²) in [6, 6.07) is 14.1. The summed E-state index contributed by atoms with van der Waals surface area (Å²) in [6.07, 6.45) is 1.29. The number of benzene rings is 2. The van der Waals surface area contributed by atoms with E-state index >= 15 is 0 Å². The number of amides is 2. The Bertz CT molecular complexity index is 909. The van der Waals surface area contributed by atoms with Crippen LogP contribution in [-0.2, 0) is 16.1 Å². The standard InChI is InChI=1S/C26H35ClN2O4/c1-6-23(25(31)28-26(2,3)4)29(18-19-10-7-8-11-22(19)27)24(30)12-9-17-33-21-15-13-20(32-5)14-16-21/h7-8,10-11,13-16,23H,6,9,12,17-18H2,1-5H3,(H,28,31)/t23-/m0/s1. The number of hydrogen-bond acceptors (Lipinski definition) is 4. The van der Waals surface area contributed by atoms with E-state index in [1.54, 1.807) is 18.1 Å². The molecule has 1 N–H and O–H groups in total. The van der Waals surface area contributed by atoms with E-state index in [0.717, 1.165) is 11.3 Å². The van der Waals surface area contributed by atoms with Crippen LogP contribution in [0, 0.1) is 0 Å². The quantitative estimate of drug-likeness (QED) is 0.453. The van der Waals surface area contributed by atoms with Crippen molar-refractivity contribution < 1.29 is 19.1 Å². The van der Waals surface area contributed by atoms with Crippen molar-refractivity contribution in [3.63, 3.8) is 0 Å². The number of nitrogens with zero attached hydrogens (tertiary/aromatic N) is 1. The Morgan fingerprint density at radius 1 is 1.06 bits per heavy atom. The van der Waals surface area contributed by atoms with Crippen LogP contribution in [0.15, 0.2) is 48.5 Å². The number of rotatable bonds is 11. The molecule has 0 spiro atoms. The van der Waals surface area contributed by atoms with E-state index in [0.29, 0.717) is 30.2 Å². The monoisotopic (exact) mass is 474 g/mol. The molecule has 0 fully saturated rings. The van der Waals surface area contributed by atoms with Gasteiger partial charge in [0.1, 0.15) is 17.5 Å². The summed E-state index contributed by atoms with van der Waals surface area (Å²) in [4.78, 5) is 27.9. The molecule has 33 heavy (non-hydrogen) atoms. The van der Waals surface area contributed by atoms with Crippen molar-refractivity contribution in [2.45, 2.75) is 65.1 Å². The van der Waals surface area contributed by atoms with Crippen LogP contribution in [0.3, 0.4) is 0 Å². The zero-order valence-corrected chi connectivity index (χ0v) is 20.9. The molecule has 0 saturated carbocycles. The fourth-order valence-corrected chi connectivity index (χ4v) is 3.61. The second-order valence-corrected chi connectivity index (χ2v) is 9.31. The molecule has 0 bridgehead atoms. The van der Waals surface area contributed by atoms with Crippen LogP contribution in [-0.4, -0.2) is 42.0 Å². The van der Waals surface area contributed by atoms with Crippen LogP contribution in [0.4, 0.5) is 0 Å². The zero-order valence-electron chi connectivity index (χ0n) is 20.2. The van der Waals surface area contributed by atoms with Crippen LogP contribution in [0.25, 0.3) is 0 Å². The molecule has 2 aromatic carbocycles. The van der Waals surface area contributed by atoms with Crippen molar-refractivity contribution in [3.8, 4) is 11.5 Å². The Kier molecular flexibility index (Phi) is 10.0. The lowest BCUT2D eigenvalue weighted by Gasteiger charge is -2.33. The van der Waals surface area contributed by atoms with E-state index in [-0.39, 0.29) is 24.8 Å². The number of carbonyl (C=O) groups excluding carboxylic acids is 2. The molecule has 1 atom stereocenters. The van der Waals surface area contributed by atoms with Crippen molar-refractivity contribution in [3.05, 3.63) is 59.1 Å². The minimum atomic E-state index is -0.587. The molecule has 0 aliphatic carbocycles. The fourth-order valence-electron chi connectivity index (χ4n) is 3.41. The van der Waals surface area contributed by atoms with Crippen molar-refractivity contribution in [1.82, 2.24) is 10.2 Å². The van der Waals surface area contributed by atoms with Gasteiger partial charge in [0.25, 0.3) is 0 Å². The maximum absolute atomic E-state index is 13.3. The van der Waals surface area contributed by atoms with E-state index in [1.807, 2.05) is 70.2 Å². The molecule has 0 aliphatic heterocycles. The third-order valence-electron chi connectivity index (χ3n) is 5.05. The number of carbonyl (C=O) groups is 2. The van der Waals surface area contributed by atoms with Gasteiger partial charge in [-0.3, -0.25) is 9.59 Å². The molecule has 0 radical (unpaired) electrons. The molecule has 0 saturated heterocycles. The normalized spacial score (nSPS) is 12.1. The second-order valence-electron chi connectivity index (χ2n) is 8.90. The summed E-state index contributed by atoms with van der Waals surface area (Å²) in [5.74, 6) is 1.20. The Balaban J connectivity index is 2.07. The first-order valence-corrected chi connectivity index (χ1v) is 11.6. The SMILES string of the molecule is CC[C@@H](C(=O)NC(C)(C)C)N(Cc1ccccc1Cl)C(=O)CCCOc1ccc(OC)cc1. The molecule has 2 amide bonds. The van der Waals surface area contributed by atoms with E-state index in [4.69, 9.17) is 21.1 Å². The number of nitrogens with one attached hydrogen (secondary N) is 1. The topological polar surface area (TPSA) is 67.9 Å². The highest BCUT2D eigenvalue weighted by Crippen LogP contribution is 2.21. The number of ether oxygens (including phenoxy) is 2. The Labute approximate surface area is 202 Å². The van der Waals surface area contributed by atoms with Crippen LogP contribution in [0.2, 0.25) is 5.02 Å². The zero-order chi connectivity index (χ0) is 24.4. The van der Waals surface area contributed by atoms with Gasteiger partial charge < -0.3 is 19.7 Å². The smallest absolute Gasteiger partial charge is 0.243 e. The lowest BCUT2D eigenvalue weighted by atomic mass is 10.0. The Morgan fingerprint density at radius 2 is 1.70 bits per heavy atom. The van der Waals surface area contributed by atoms with Gasteiger partial charge in [-0.2, -0.15) is 0 Å². The largest absolute Gasteiger partial charge is 0.497 e. The maximum atomic E-state index is 13.3. The Hall–Kier alpha value is -2.73. The van der Waals surface area contributed by atoms with Gasteiger partial charge in [0.15, 0.2) is 0 Å². The van der Waals surface area contributed by atoms with Gasteiger partial charge in [0, 0.05) is 23.5 Å². The first-order chi connectivity index (χ1) is 15.6. The molecule has 180 valence electrons. The molecule has 0 aliphatic rings. The van der Waals surface area contributed by atoms with E-state index in [1.165, 1.54) is 0 Å². The summed E-state index contributed by atoms with van der Waals surface area (Å²) in [5, 5.41) is 3.58. The first kappa shape index (κ1) is 26.5. The molecule has 0 aromatic heterocycles. The summed E-state index contributed by atoms with van der Waals surface area (Å²) in [5.41, 5.74) is 0.416. The number of halogens is 1. The van der Waals surface area contributed by atoms with Crippen LogP contribution in [0.5, 0.6) is 11.5 Å². The van der Waals surface area contributed by atoms with Gasteiger partial charge in [-0.05, 0) is 69.5 Å². The summed E-state index contributed by atoms with van der Waals surface area (Å²) >= 11 is 6.36. The lowest BCUT2D eigenvalue weighted by Crippen LogP contribution is -2.53. The lowest BCUT2D eigenvalue weighted by molar-refractivity contribution is -0.142.